The maximum Gasteiger partial charge on any atom is 0.338 e. The second-order valence-corrected chi connectivity index (χ2v) is 9.47. The lowest BCUT2D eigenvalue weighted by molar-refractivity contribution is -0.134. The Labute approximate surface area is 150 Å². The molecule has 3 aliphatic carbocycles. The number of ketones is 1. The third-order valence-electron chi connectivity index (χ3n) is 7.73. The molecule has 0 N–H and O–H groups in total. The molecule has 0 radical (unpaired) electrons. The standard InChI is InChI=1S/C22H28O3/c1-14-18-20(2,3)12-17(25-19(24)15-8-6-5-7-9-15)22(18)11-10-16(23)21(14,4)13-22/h5-9,14,17-18H,10-13H2,1-4H3/t14-,17+,18+,21+,22-/m1/s1. The van der Waals surface area contributed by atoms with Gasteiger partial charge in [0.05, 0.1) is 5.56 Å². The van der Waals surface area contributed by atoms with E-state index in [-0.39, 0.29) is 28.3 Å². The predicted octanol–water partition coefficient (Wildman–Crippen LogP) is 4.65. The fourth-order valence-electron chi connectivity index (χ4n) is 6.72. The summed E-state index contributed by atoms with van der Waals surface area (Å²) in [5, 5.41) is 0. The molecular formula is C22H28O3. The summed E-state index contributed by atoms with van der Waals surface area (Å²) in [6.45, 7) is 8.98. The van der Waals surface area contributed by atoms with Crippen LogP contribution < -0.4 is 0 Å². The summed E-state index contributed by atoms with van der Waals surface area (Å²) in [4.78, 5) is 25.4. The zero-order valence-corrected chi connectivity index (χ0v) is 15.7. The molecule has 3 heteroatoms. The van der Waals surface area contributed by atoms with Gasteiger partial charge in [0.15, 0.2) is 0 Å². The summed E-state index contributed by atoms with van der Waals surface area (Å²) in [5.41, 5.74) is 0.415. The van der Waals surface area contributed by atoms with Crippen molar-refractivity contribution in [1.29, 1.82) is 0 Å². The SMILES string of the molecule is C[C@@H]1[C@H]2C(C)(C)C[C@H](OC(=O)c3ccccc3)[C@]23CCC(=O)[C@@]1(C)C3. The Morgan fingerprint density at radius 3 is 2.52 bits per heavy atom. The third-order valence-corrected chi connectivity index (χ3v) is 7.73. The smallest absolute Gasteiger partial charge is 0.338 e. The fourth-order valence-corrected chi connectivity index (χ4v) is 6.72. The summed E-state index contributed by atoms with van der Waals surface area (Å²) in [7, 11) is 0. The number of rotatable bonds is 2. The Balaban J connectivity index is 1.69. The summed E-state index contributed by atoms with van der Waals surface area (Å²) < 4.78 is 6.10. The first-order valence-electron chi connectivity index (χ1n) is 9.50. The van der Waals surface area contributed by atoms with Crippen LogP contribution in [0.15, 0.2) is 30.3 Å². The minimum atomic E-state index is -0.252. The van der Waals surface area contributed by atoms with Gasteiger partial charge in [-0.05, 0) is 48.6 Å². The number of carbonyl (C=O) groups excluding carboxylic acids is 2. The van der Waals surface area contributed by atoms with Crippen molar-refractivity contribution in [2.45, 2.75) is 59.5 Å². The lowest BCUT2D eigenvalue weighted by Gasteiger charge is -2.40. The number of Topliss-reactive ketones (excluding diaryl/α,β-unsaturated/α-hetero) is 1. The van der Waals surface area contributed by atoms with Crippen molar-refractivity contribution < 1.29 is 14.3 Å². The first kappa shape index (κ1) is 16.8. The molecule has 0 aromatic heterocycles. The van der Waals surface area contributed by atoms with E-state index in [2.05, 4.69) is 27.7 Å². The maximum atomic E-state index is 12.7. The molecule has 1 aromatic carbocycles. The molecule has 25 heavy (non-hydrogen) atoms. The zero-order valence-electron chi connectivity index (χ0n) is 15.7. The maximum absolute atomic E-state index is 12.7. The van der Waals surface area contributed by atoms with E-state index in [1.165, 1.54) is 0 Å². The van der Waals surface area contributed by atoms with E-state index in [4.69, 9.17) is 4.74 Å². The number of benzene rings is 1. The summed E-state index contributed by atoms with van der Waals surface area (Å²) in [6, 6.07) is 9.25. The molecule has 3 saturated carbocycles. The van der Waals surface area contributed by atoms with Crippen LogP contribution in [0.2, 0.25) is 0 Å². The lowest BCUT2D eigenvalue weighted by Crippen LogP contribution is -2.42. The monoisotopic (exact) mass is 340 g/mol. The van der Waals surface area contributed by atoms with E-state index in [0.29, 0.717) is 29.6 Å². The van der Waals surface area contributed by atoms with E-state index in [1.807, 2.05) is 30.3 Å². The lowest BCUT2D eigenvalue weighted by atomic mass is 9.66. The molecular weight excluding hydrogens is 312 g/mol. The average Bonchev–Trinajstić information content (AvgIpc) is 2.90. The van der Waals surface area contributed by atoms with Gasteiger partial charge in [0.2, 0.25) is 0 Å². The quantitative estimate of drug-likeness (QED) is 0.736. The summed E-state index contributed by atoms with van der Waals surface area (Å²) in [6.07, 6.45) is 3.18. The molecule has 1 aromatic rings. The predicted molar refractivity (Wildman–Crippen MR) is 96.1 cm³/mol. The number of esters is 1. The van der Waals surface area contributed by atoms with Crippen molar-refractivity contribution in [2.24, 2.45) is 28.1 Å². The number of fused-ring (bicyclic) bond motifs is 1. The van der Waals surface area contributed by atoms with Crippen LogP contribution in [0.5, 0.6) is 0 Å². The van der Waals surface area contributed by atoms with E-state index < -0.39 is 0 Å². The Hall–Kier alpha value is -1.64. The zero-order chi connectivity index (χ0) is 18.0. The summed E-state index contributed by atoms with van der Waals surface area (Å²) in [5.74, 6) is 0.960. The Bertz CT molecular complexity index is 722. The van der Waals surface area contributed by atoms with Gasteiger partial charge in [0, 0.05) is 17.3 Å². The second kappa shape index (κ2) is 5.18. The number of hydrogen-bond donors (Lipinski definition) is 0. The van der Waals surface area contributed by atoms with Crippen LogP contribution in [0.25, 0.3) is 0 Å². The first-order chi connectivity index (χ1) is 11.7. The molecule has 3 aliphatic rings. The minimum absolute atomic E-state index is 0.0317. The van der Waals surface area contributed by atoms with Gasteiger partial charge < -0.3 is 4.74 Å². The van der Waals surface area contributed by atoms with E-state index in [0.717, 1.165) is 19.3 Å². The highest BCUT2D eigenvalue weighted by Gasteiger charge is 2.72. The minimum Gasteiger partial charge on any atom is -0.458 e. The Morgan fingerprint density at radius 2 is 1.84 bits per heavy atom. The third kappa shape index (κ3) is 2.17. The highest BCUT2D eigenvalue weighted by molar-refractivity contribution is 5.90. The van der Waals surface area contributed by atoms with Crippen LogP contribution in [-0.2, 0) is 9.53 Å². The van der Waals surface area contributed by atoms with Crippen molar-refractivity contribution in [3.63, 3.8) is 0 Å². The second-order valence-electron chi connectivity index (χ2n) is 9.47. The molecule has 0 amide bonds. The van der Waals surface area contributed by atoms with Crippen LogP contribution in [-0.4, -0.2) is 17.9 Å². The highest BCUT2D eigenvalue weighted by atomic mass is 16.5. The number of carbonyl (C=O) groups is 2. The molecule has 2 bridgehead atoms. The van der Waals surface area contributed by atoms with Crippen LogP contribution in [0.1, 0.15) is 63.7 Å². The topological polar surface area (TPSA) is 43.4 Å². The van der Waals surface area contributed by atoms with E-state index in [1.54, 1.807) is 0 Å². The van der Waals surface area contributed by atoms with Gasteiger partial charge in [-0.1, -0.05) is 45.9 Å². The van der Waals surface area contributed by atoms with Gasteiger partial charge in [-0.2, -0.15) is 0 Å². The van der Waals surface area contributed by atoms with Crippen LogP contribution in [0.4, 0.5) is 0 Å². The molecule has 0 aliphatic heterocycles. The molecule has 4 rings (SSSR count). The molecule has 0 unspecified atom stereocenters. The van der Waals surface area contributed by atoms with E-state index in [9.17, 15) is 9.59 Å². The number of hydrogen-bond acceptors (Lipinski definition) is 3. The molecule has 5 atom stereocenters. The van der Waals surface area contributed by atoms with Gasteiger partial charge in [-0.3, -0.25) is 4.79 Å². The van der Waals surface area contributed by atoms with Crippen molar-refractivity contribution in [2.75, 3.05) is 0 Å². The molecule has 0 saturated heterocycles. The Morgan fingerprint density at radius 1 is 1.16 bits per heavy atom. The first-order valence-corrected chi connectivity index (χ1v) is 9.50. The fraction of sp³-hybridized carbons (Fsp3) is 0.636. The van der Waals surface area contributed by atoms with Gasteiger partial charge >= 0.3 is 5.97 Å². The largest absolute Gasteiger partial charge is 0.458 e. The van der Waals surface area contributed by atoms with Crippen molar-refractivity contribution in [1.82, 2.24) is 0 Å². The molecule has 3 fully saturated rings. The molecule has 3 nitrogen and oxygen atoms in total. The number of ether oxygens (including phenoxy) is 1. The van der Waals surface area contributed by atoms with Crippen molar-refractivity contribution in [3.05, 3.63) is 35.9 Å². The van der Waals surface area contributed by atoms with Crippen LogP contribution >= 0.6 is 0 Å². The van der Waals surface area contributed by atoms with Gasteiger partial charge in [-0.25, -0.2) is 4.79 Å². The van der Waals surface area contributed by atoms with Crippen LogP contribution in [0, 0.1) is 28.1 Å². The van der Waals surface area contributed by atoms with Gasteiger partial charge in [0.25, 0.3) is 0 Å². The van der Waals surface area contributed by atoms with Crippen molar-refractivity contribution >= 4 is 11.8 Å². The van der Waals surface area contributed by atoms with E-state index >= 15 is 0 Å². The average molecular weight is 340 g/mol. The van der Waals surface area contributed by atoms with Gasteiger partial charge in [-0.15, -0.1) is 0 Å². The molecule has 1 spiro atoms. The molecule has 134 valence electrons. The Kier molecular flexibility index (Phi) is 3.49. The van der Waals surface area contributed by atoms with Crippen molar-refractivity contribution in [3.8, 4) is 0 Å². The highest BCUT2D eigenvalue weighted by Crippen LogP contribution is 2.73. The van der Waals surface area contributed by atoms with Crippen LogP contribution in [0.3, 0.4) is 0 Å². The molecule has 0 heterocycles. The van der Waals surface area contributed by atoms with Gasteiger partial charge in [0.1, 0.15) is 11.9 Å². The summed E-state index contributed by atoms with van der Waals surface area (Å²) >= 11 is 0. The normalized spacial score (nSPS) is 41.4.